The number of urea groups is 1. The van der Waals surface area contributed by atoms with Gasteiger partial charge in [-0.1, -0.05) is 20.8 Å². The van der Waals surface area contributed by atoms with E-state index in [9.17, 15) is 14.4 Å². The van der Waals surface area contributed by atoms with E-state index in [0.717, 1.165) is 0 Å². The first-order valence-corrected chi connectivity index (χ1v) is 6.60. The van der Waals surface area contributed by atoms with Gasteiger partial charge in [0.15, 0.2) is 0 Å². The number of methoxy groups -OCH3 is 1. The maximum absolute atomic E-state index is 12.1. The Hall–Kier alpha value is -1.79. The summed E-state index contributed by atoms with van der Waals surface area (Å²) in [6, 6.07) is -1.22. The van der Waals surface area contributed by atoms with Gasteiger partial charge in [-0.25, -0.2) is 9.59 Å². The van der Waals surface area contributed by atoms with E-state index in [1.165, 1.54) is 18.9 Å². The standard InChI is InChI=1S/C13H24N2O5/c1-6-15(7-9(4)11(16)17)13(19)14-10(8(2)3)12(18)20-5/h8-10H,6-7H2,1-5H3,(H,14,19)(H,16,17). The Morgan fingerprint density at radius 1 is 1.25 bits per heavy atom. The SMILES string of the molecule is CCN(CC(C)C(=O)O)C(=O)NC(C(=O)OC)C(C)C. The van der Waals surface area contributed by atoms with Crippen LogP contribution in [-0.4, -0.2) is 54.2 Å². The Labute approximate surface area is 119 Å². The molecule has 0 aromatic heterocycles. The van der Waals surface area contributed by atoms with E-state index in [1.54, 1.807) is 20.8 Å². The predicted octanol–water partition coefficient (Wildman–Crippen LogP) is 0.936. The lowest BCUT2D eigenvalue weighted by Gasteiger charge is -2.27. The summed E-state index contributed by atoms with van der Waals surface area (Å²) in [5.41, 5.74) is 0. The van der Waals surface area contributed by atoms with Crippen LogP contribution in [0.1, 0.15) is 27.7 Å². The molecule has 7 nitrogen and oxygen atoms in total. The summed E-state index contributed by atoms with van der Waals surface area (Å²) in [5, 5.41) is 11.5. The predicted molar refractivity (Wildman–Crippen MR) is 73.2 cm³/mol. The number of carboxylic acids is 1. The van der Waals surface area contributed by atoms with Gasteiger partial charge in [0.1, 0.15) is 6.04 Å². The third-order valence-electron chi connectivity index (χ3n) is 2.99. The topological polar surface area (TPSA) is 95.9 Å². The fourth-order valence-electron chi connectivity index (χ4n) is 1.61. The lowest BCUT2D eigenvalue weighted by molar-refractivity contribution is -0.144. The van der Waals surface area contributed by atoms with Crippen LogP contribution < -0.4 is 5.32 Å². The lowest BCUT2D eigenvalue weighted by atomic mass is 10.1. The van der Waals surface area contributed by atoms with Crippen LogP contribution in [0.5, 0.6) is 0 Å². The van der Waals surface area contributed by atoms with Crippen LogP contribution in [-0.2, 0) is 14.3 Å². The molecule has 0 saturated heterocycles. The first-order chi connectivity index (χ1) is 9.24. The number of hydrogen-bond donors (Lipinski definition) is 2. The van der Waals surface area contributed by atoms with Gasteiger partial charge < -0.3 is 20.1 Å². The highest BCUT2D eigenvalue weighted by atomic mass is 16.5. The van der Waals surface area contributed by atoms with Crippen molar-refractivity contribution in [3.8, 4) is 0 Å². The zero-order chi connectivity index (χ0) is 15.9. The average molecular weight is 288 g/mol. The van der Waals surface area contributed by atoms with Crippen LogP contribution in [0.4, 0.5) is 4.79 Å². The Kier molecular flexibility index (Phi) is 7.64. The number of ether oxygens (including phenoxy) is 1. The second-order valence-corrected chi connectivity index (χ2v) is 4.97. The highest BCUT2D eigenvalue weighted by Gasteiger charge is 2.27. The van der Waals surface area contributed by atoms with Crippen molar-refractivity contribution in [3.05, 3.63) is 0 Å². The van der Waals surface area contributed by atoms with E-state index in [4.69, 9.17) is 5.11 Å². The van der Waals surface area contributed by atoms with Gasteiger partial charge in [-0.05, 0) is 12.8 Å². The van der Waals surface area contributed by atoms with Crippen LogP contribution in [0.15, 0.2) is 0 Å². The molecule has 7 heteroatoms. The molecule has 2 unspecified atom stereocenters. The summed E-state index contributed by atoms with van der Waals surface area (Å²) in [6.07, 6.45) is 0. The number of nitrogens with one attached hydrogen (secondary N) is 1. The molecule has 2 N–H and O–H groups in total. The number of amides is 2. The summed E-state index contributed by atoms with van der Waals surface area (Å²) in [4.78, 5) is 35.8. The maximum Gasteiger partial charge on any atom is 0.328 e. The minimum absolute atomic E-state index is 0.0870. The van der Waals surface area contributed by atoms with Crippen LogP contribution in [0.2, 0.25) is 0 Å². The number of carboxylic acid groups (broad SMARTS) is 1. The molecule has 0 fully saturated rings. The van der Waals surface area contributed by atoms with Crippen molar-refractivity contribution < 1.29 is 24.2 Å². The quantitative estimate of drug-likeness (QED) is 0.680. The Morgan fingerprint density at radius 2 is 1.80 bits per heavy atom. The van der Waals surface area contributed by atoms with Gasteiger partial charge in [0, 0.05) is 13.1 Å². The third kappa shape index (κ3) is 5.46. The van der Waals surface area contributed by atoms with Gasteiger partial charge in [-0.15, -0.1) is 0 Å². The van der Waals surface area contributed by atoms with Gasteiger partial charge in [-0.3, -0.25) is 4.79 Å². The van der Waals surface area contributed by atoms with Crippen molar-refractivity contribution in [1.82, 2.24) is 10.2 Å². The molecule has 0 saturated carbocycles. The minimum atomic E-state index is -0.968. The van der Waals surface area contributed by atoms with Crippen molar-refractivity contribution in [3.63, 3.8) is 0 Å². The molecule has 0 aromatic carbocycles. The number of rotatable bonds is 7. The monoisotopic (exact) mass is 288 g/mol. The molecule has 0 spiro atoms. The second kappa shape index (κ2) is 8.39. The molecule has 2 amide bonds. The molecule has 20 heavy (non-hydrogen) atoms. The fraction of sp³-hybridized carbons (Fsp3) is 0.769. The van der Waals surface area contributed by atoms with Gasteiger partial charge in [0.25, 0.3) is 0 Å². The second-order valence-electron chi connectivity index (χ2n) is 4.97. The van der Waals surface area contributed by atoms with Gasteiger partial charge in [0.2, 0.25) is 0 Å². The van der Waals surface area contributed by atoms with E-state index in [-0.39, 0.29) is 12.5 Å². The molecule has 0 aromatic rings. The van der Waals surface area contributed by atoms with Gasteiger partial charge in [0.05, 0.1) is 13.0 Å². The number of carbonyl (C=O) groups excluding carboxylic acids is 2. The van der Waals surface area contributed by atoms with Crippen molar-refractivity contribution in [2.45, 2.75) is 33.7 Å². The zero-order valence-electron chi connectivity index (χ0n) is 12.7. The summed E-state index contributed by atoms with van der Waals surface area (Å²) < 4.78 is 4.64. The Balaban J connectivity index is 4.75. The van der Waals surface area contributed by atoms with E-state index in [2.05, 4.69) is 10.1 Å². The molecule has 2 atom stereocenters. The van der Waals surface area contributed by atoms with Crippen LogP contribution in [0.3, 0.4) is 0 Å². The van der Waals surface area contributed by atoms with Crippen molar-refractivity contribution in [2.75, 3.05) is 20.2 Å². The molecule has 116 valence electrons. The van der Waals surface area contributed by atoms with E-state index in [0.29, 0.717) is 6.54 Å². The molecular weight excluding hydrogens is 264 g/mol. The molecular formula is C13H24N2O5. The number of nitrogens with zero attached hydrogens (tertiary/aromatic N) is 1. The highest BCUT2D eigenvalue weighted by Crippen LogP contribution is 2.06. The van der Waals surface area contributed by atoms with Gasteiger partial charge in [-0.2, -0.15) is 0 Å². The Bertz CT molecular complexity index is 357. The molecule has 0 bridgehead atoms. The first kappa shape index (κ1) is 18.2. The molecule has 0 aliphatic carbocycles. The number of hydrogen-bond acceptors (Lipinski definition) is 4. The highest BCUT2D eigenvalue weighted by molar-refractivity contribution is 5.84. The summed E-state index contributed by atoms with van der Waals surface area (Å²) in [6.45, 7) is 7.30. The van der Waals surface area contributed by atoms with Crippen molar-refractivity contribution >= 4 is 18.0 Å². The number of carbonyl (C=O) groups is 3. The largest absolute Gasteiger partial charge is 0.481 e. The van der Waals surface area contributed by atoms with Crippen molar-refractivity contribution in [1.29, 1.82) is 0 Å². The van der Waals surface area contributed by atoms with Crippen LogP contribution >= 0.6 is 0 Å². The summed E-state index contributed by atoms with van der Waals surface area (Å²) in [5.74, 6) is -2.28. The molecule has 0 heterocycles. The molecule has 0 aliphatic rings. The van der Waals surface area contributed by atoms with Crippen LogP contribution in [0, 0.1) is 11.8 Å². The smallest absolute Gasteiger partial charge is 0.328 e. The average Bonchev–Trinajstić information content (AvgIpc) is 2.39. The summed E-state index contributed by atoms with van der Waals surface area (Å²) in [7, 11) is 1.26. The fourth-order valence-corrected chi connectivity index (χ4v) is 1.61. The van der Waals surface area contributed by atoms with E-state index in [1.807, 2.05) is 0 Å². The van der Waals surface area contributed by atoms with Crippen LogP contribution in [0.25, 0.3) is 0 Å². The molecule has 0 rings (SSSR count). The summed E-state index contributed by atoms with van der Waals surface area (Å²) >= 11 is 0. The number of aliphatic carboxylic acids is 1. The molecule has 0 radical (unpaired) electrons. The Morgan fingerprint density at radius 3 is 2.15 bits per heavy atom. The third-order valence-corrected chi connectivity index (χ3v) is 2.99. The van der Waals surface area contributed by atoms with E-state index < -0.39 is 29.9 Å². The van der Waals surface area contributed by atoms with Crippen molar-refractivity contribution in [2.24, 2.45) is 11.8 Å². The lowest BCUT2D eigenvalue weighted by Crippen LogP contribution is -2.51. The maximum atomic E-state index is 12.1. The normalized spacial score (nSPS) is 13.5. The number of esters is 1. The van der Waals surface area contributed by atoms with Gasteiger partial charge >= 0.3 is 18.0 Å². The minimum Gasteiger partial charge on any atom is -0.481 e. The first-order valence-electron chi connectivity index (χ1n) is 6.60. The molecule has 0 aliphatic heterocycles. The zero-order valence-corrected chi connectivity index (χ0v) is 12.7. The van der Waals surface area contributed by atoms with E-state index >= 15 is 0 Å².